The lowest BCUT2D eigenvalue weighted by molar-refractivity contribution is 0.475. The number of thiophene rings is 1. The Labute approximate surface area is 109 Å². The highest BCUT2D eigenvalue weighted by atomic mass is 32.2. The van der Waals surface area contributed by atoms with Gasteiger partial charge in [0.2, 0.25) is 0 Å². The van der Waals surface area contributed by atoms with E-state index < -0.39 is 10.0 Å². The molecule has 0 saturated carbocycles. The summed E-state index contributed by atoms with van der Waals surface area (Å²) in [5, 5.41) is 8.66. The van der Waals surface area contributed by atoms with E-state index >= 15 is 0 Å². The minimum absolute atomic E-state index is 0.0932. The molecule has 0 aliphatic rings. The van der Waals surface area contributed by atoms with Gasteiger partial charge in [0.1, 0.15) is 26.7 Å². The third-order valence-corrected chi connectivity index (χ3v) is 5.07. The molecule has 2 rings (SSSR count). The Balaban J connectivity index is 2.10. The molecule has 0 aliphatic carbocycles. The fraction of sp³-hybridized carbons (Fsp3) is 0.182. The van der Waals surface area contributed by atoms with E-state index in [1.807, 2.05) is 6.07 Å². The molecule has 94 valence electrons. The largest absolute Gasteiger partial charge is 0.465 e. The summed E-state index contributed by atoms with van der Waals surface area (Å²) in [4.78, 5) is 0.365. The van der Waals surface area contributed by atoms with Crippen molar-refractivity contribution in [2.24, 2.45) is 0 Å². The summed E-state index contributed by atoms with van der Waals surface area (Å²) in [5.74, 6) is 1.28. The van der Waals surface area contributed by atoms with Crippen LogP contribution in [0.5, 0.6) is 0 Å². The number of rotatable bonds is 4. The number of sulfonamides is 1. The smallest absolute Gasteiger partial charge is 0.250 e. The maximum absolute atomic E-state index is 11.9. The van der Waals surface area contributed by atoms with Crippen LogP contribution in [0.4, 0.5) is 0 Å². The molecule has 0 atom stereocenters. The molecule has 18 heavy (non-hydrogen) atoms. The van der Waals surface area contributed by atoms with E-state index in [4.69, 9.17) is 9.68 Å². The van der Waals surface area contributed by atoms with Crippen molar-refractivity contribution in [1.82, 2.24) is 4.72 Å². The maximum Gasteiger partial charge on any atom is 0.250 e. The van der Waals surface area contributed by atoms with Crippen LogP contribution in [0.1, 0.15) is 16.4 Å². The number of hydrogen-bond donors (Lipinski definition) is 1. The lowest BCUT2D eigenvalue weighted by atomic mass is 10.4. The number of nitriles is 1. The monoisotopic (exact) mass is 282 g/mol. The second-order valence-electron chi connectivity index (χ2n) is 3.57. The summed E-state index contributed by atoms with van der Waals surface area (Å²) in [5.41, 5.74) is 0. The molecule has 1 N–H and O–H groups in total. The van der Waals surface area contributed by atoms with Crippen molar-refractivity contribution < 1.29 is 12.8 Å². The first-order chi connectivity index (χ1) is 8.51. The zero-order chi connectivity index (χ0) is 13.2. The molecule has 0 amide bonds. The SMILES string of the molecule is Cc1ccc(CNS(=O)(=O)c2ccc(C#N)s2)o1. The summed E-state index contributed by atoms with van der Waals surface area (Å²) in [6, 6.07) is 8.28. The molecular formula is C11H10N2O3S2. The normalized spacial score (nSPS) is 11.3. The Morgan fingerprint density at radius 2 is 2.17 bits per heavy atom. The fourth-order valence-electron chi connectivity index (χ4n) is 1.34. The third kappa shape index (κ3) is 2.79. The zero-order valence-corrected chi connectivity index (χ0v) is 11.1. The number of nitrogens with one attached hydrogen (secondary N) is 1. The quantitative estimate of drug-likeness (QED) is 0.929. The van der Waals surface area contributed by atoms with Gasteiger partial charge in [-0.2, -0.15) is 5.26 Å². The summed E-state index contributed by atoms with van der Waals surface area (Å²) >= 11 is 0.938. The summed E-state index contributed by atoms with van der Waals surface area (Å²) < 4.78 is 31.6. The minimum atomic E-state index is -3.58. The molecule has 2 aromatic rings. The topological polar surface area (TPSA) is 83.1 Å². The Morgan fingerprint density at radius 3 is 2.72 bits per heavy atom. The van der Waals surface area contributed by atoms with E-state index in [9.17, 15) is 8.42 Å². The highest BCUT2D eigenvalue weighted by molar-refractivity contribution is 7.91. The first-order valence-corrected chi connectivity index (χ1v) is 7.36. The Kier molecular flexibility index (Phi) is 3.52. The average Bonchev–Trinajstić information content (AvgIpc) is 2.95. The summed E-state index contributed by atoms with van der Waals surface area (Å²) in [6.45, 7) is 1.88. The van der Waals surface area contributed by atoms with Crippen LogP contribution < -0.4 is 4.72 Å². The molecule has 5 nitrogen and oxygen atoms in total. The highest BCUT2D eigenvalue weighted by Crippen LogP contribution is 2.20. The molecule has 0 radical (unpaired) electrons. The molecule has 0 saturated heterocycles. The molecule has 0 spiro atoms. The molecule has 2 aromatic heterocycles. The Morgan fingerprint density at radius 1 is 1.39 bits per heavy atom. The van der Waals surface area contributed by atoms with Crippen molar-refractivity contribution in [2.45, 2.75) is 17.7 Å². The molecule has 0 fully saturated rings. The van der Waals surface area contributed by atoms with Gasteiger partial charge < -0.3 is 4.42 Å². The predicted molar refractivity (Wildman–Crippen MR) is 66.5 cm³/mol. The van der Waals surface area contributed by atoms with Crippen LogP contribution >= 0.6 is 11.3 Å². The first-order valence-electron chi connectivity index (χ1n) is 5.06. The zero-order valence-electron chi connectivity index (χ0n) is 9.50. The van der Waals surface area contributed by atoms with Gasteiger partial charge in [0, 0.05) is 0 Å². The van der Waals surface area contributed by atoms with Gasteiger partial charge in [-0.1, -0.05) is 0 Å². The van der Waals surface area contributed by atoms with Crippen LogP contribution in [0.25, 0.3) is 0 Å². The number of hydrogen-bond acceptors (Lipinski definition) is 5. The standard InChI is InChI=1S/C11H10N2O3S2/c1-8-2-3-9(16-8)7-13-18(14,15)11-5-4-10(6-12)17-11/h2-5,13H,7H2,1H3. The molecule has 0 aliphatic heterocycles. The van der Waals surface area contributed by atoms with Gasteiger partial charge in [0.25, 0.3) is 10.0 Å². The van der Waals surface area contributed by atoms with E-state index in [1.54, 1.807) is 19.1 Å². The van der Waals surface area contributed by atoms with Gasteiger partial charge >= 0.3 is 0 Å². The van der Waals surface area contributed by atoms with Crippen LogP contribution in [0.2, 0.25) is 0 Å². The van der Waals surface area contributed by atoms with E-state index in [1.165, 1.54) is 12.1 Å². The van der Waals surface area contributed by atoms with Crippen LogP contribution in [0.15, 0.2) is 32.9 Å². The van der Waals surface area contributed by atoms with Crippen molar-refractivity contribution in [1.29, 1.82) is 5.26 Å². The second-order valence-corrected chi connectivity index (χ2v) is 6.64. The van der Waals surface area contributed by atoms with Gasteiger partial charge in [-0.05, 0) is 31.2 Å². The predicted octanol–water partition coefficient (Wildman–Crippen LogP) is 2.00. The molecule has 0 aromatic carbocycles. The van der Waals surface area contributed by atoms with Crippen LogP contribution in [0.3, 0.4) is 0 Å². The van der Waals surface area contributed by atoms with Gasteiger partial charge in [0.15, 0.2) is 0 Å². The van der Waals surface area contributed by atoms with E-state index in [2.05, 4.69) is 4.72 Å². The van der Waals surface area contributed by atoms with Crippen molar-refractivity contribution in [3.8, 4) is 6.07 Å². The van der Waals surface area contributed by atoms with Gasteiger partial charge in [-0.15, -0.1) is 11.3 Å². The van der Waals surface area contributed by atoms with E-state index in [-0.39, 0.29) is 10.8 Å². The molecule has 2 heterocycles. The minimum Gasteiger partial charge on any atom is -0.465 e. The van der Waals surface area contributed by atoms with Crippen molar-refractivity contribution in [3.05, 3.63) is 40.7 Å². The molecular weight excluding hydrogens is 272 g/mol. The molecule has 7 heteroatoms. The second kappa shape index (κ2) is 4.94. The summed E-state index contributed by atoms with van der Waals surface area (Å²) in [6.07, 6.45) is 0. The van der Waals surface area contributed by atoms with Crippen LogP contribution in [-0.4, -0.2) is 8.42 Å². The Hall–Kier alpha value is -1.62. The van der Waals surface area contributed by atoms with E-state index in [0.29, 0.717) is 10.6 Å². The van der Waals surface area contributed by atoms with Gasteiger partial charge in [0.05, 0.1) is 6.54 Å². The Bertz CT molecular complexity index is 692. The van der Waals surface area contributed by atoms with Crippen molar-refractivity contribution >= 4 is 21.4 Å². The van der Waals surface area contributed by atoms with Gasteiger partial charge in [-0.3, -0.25) is 0 Å². The maximum atomic E-state index is 11.9. The van der Waals surface area contributed by atoms with Crippen LogP contribution in [0, 0.1) is 18.3 Å². The highest BCUT2D eigenvalue weighted by Gasteiger charge is 2.17. The lowest BCUT2D eigenvalue weighted by Gasteiger charge is -2.02. The fourth-order valence-corrected chi connectivity index (χ4v) is 3.48. The molecule has 0 unspecified atom stereocenters. The van der Waals surface area contributed by atoms with Crippen molar-refractivity contribution in [3.63, 3.8) is 0 Å². The van der Waals surface area contributed by atoms with E-state index in [0.717, 1.165) is 17.1 Å². The van der Waals surface area contributed by atoms with Crippen LogP contribution in [-0.2, 0) is 16.6 Å². The number of furan rings is 1. The summed E-state index contributed by atoms with van der Waals surface area (Å²) in [7, 11) is -3.58. The van der Waals surface area contributed by atoms with Gasteiger partial charge in [-0.25, -0.2) is 13.1 Å². The lowest BCUT2D eigenvalue weighted by Crippen LogP contribution is -2.22. The first kappa shape index (κ1) is 12.8. The number of nitrogens with zero attached hydrogens (tertiary/aromatic N) is 1. The molecule has 0 bridgehead atoms. The number of aryl methyl sites for hydroxylation is 1. The third-order valence-electron chi connectivity index (χ3n) is 2.19. The average molecular weight is 282 g/mol. The van der Waals surface area contributed by atoms with Crippen molar-refractivity contribution in [2.75, 3.05) is 0 Å².